The van der Waals surface area contributed by atoms with E-state index in [1.165, 1.54) is 11.8 Å². The minimum Gasteiger partial charge on any atom is -0.493 e. The van der Waals surface area contributed by atoms with Gasteiger partial charge >= 0.3 is 0 Å². The van der Waals surface area contributed by atoms with Crippen LogP contribution in [0.25, 0.3) is 0 Å². The SMILES string of the molecule is COc1ccc([C@@H](C)NC(=O)[C@@H](C)Sc2ccc(Cl)cc2)cc1OC. The predicted molar refractivity (Wildman–Crippen MR) is 103 cm³/mol. The van der Waals surface area contributed by atoms with E-state index < -0.39 is 0 Å². The Hall–Kier alpha value is -1.85. The number of carbonyl (C=O) groups excluding carboxylic acids is 1. The topological polar surface area (TPSA) is 47.6 Å². The first kappa shape index (κ1) is 19.5. The molecule has 0 spiro atoms. The van der Waals surface area contributed by atoms with E-state index in [4.69, 9.17) is 21.1 Å². The first-order chi connectivity index (χ1) is 11.9. The third kappa shape index (κ3) is 5.31. The van der Waals surface area contributed by atoms with Crippen molar-refractivity contribution in [2.75, 3.05) is 14.2 Å². The molecule has 0 saturated heterocycles. The van der Waals surface area contributed by atoms with Crippen LogP contribution in [0.1, 0.15) is 25.5 Å². The smallest absolute Gasteiger partial charge is 0.233 e. The molecule has 25 heavy (non-hydrogen) atoms. The highest BCUT2D eigenvalue weighted by molar-refractivity contribution is 8.00. The second-order valence-electron chi connectivity index (χ2n) is 5.56. The summed E-state index contributed by atoms with van der Waals surface area (Å²) in [5, 5.41) is 3.50. The zero-order chi connectivity index (χ0) is 18.4. The normalized spacial score (nSPS) is 13.0. The highest BCUT2D eigenvalue weighted by Crippen LogP contribution is 2.30. The Morgan fingerprint density at radius 1 is 1.04 bits per heavy atom. The van der Waals surface area contributed by atoms with Crippen molar-refractivity contribution >= 4 is 29.3 Å². The summed E-state index contributed by atoms with van der Waals surface area (Å²) in [4.78, 5) is 13.5. The molecule has 0 radical (unpaired) electrons. The summed E-state index contributed by atoms with van der Waals surface area (Å²) < 4.78 is 10.6. The van der Waals surface area contributed by atoms with Crippen molar-refractivity contribution in [1.29, 1.82) is 0 Å². The highest BCUT2D eigenvalue weighted by atomic mass is 35.5. The molecule has 4 nitrogen and oxygen atoms in total. The van der Waals surface area contributed by atoms with E-state index in [9.17, 15) is 4.79 Å². The number of benzene rings is 2. The van der Waals surface area contributed by atoms with E-state index in [1.54, 1.807) is 14.2 Å². The maximum Gasteiger partial charge on any atom is 0.233 e. The van der Waals surface area contributed by atoms with Crippen LogP contribution in [-0.4, -0.2) is 25.4 Å². The summed E-state index contributed by atoms with van der Waals surface area (Å²) in [6.07, 6.45) is 0. The largest absolute Gasteiger partial charge is 0.493 e. The molecule has 0 aliphatic heterocycles. The minimum atomic E-state index is -0.219. The number of ether oxygens (including phenoxy) is 2. The Morgan fingerprint density at radius 2 is 1.68 bits per heavy atom. The number of hydrogen-bond acceptors (Lipinski definition) is 4. The van der Waals surface area contributed by atoms with Gasteiger partial charge in [-0.15, -0.1) is 11.8 Å². The summed E-state index contributed by atoms with van der Waals surface area (Å²) >= 11 is 7.38. The fourth-order valence-corrected chi connectivity index (χ4v) is 3.31. The first-order valence-corrected chi connectivity index (χ1v) is 9.15. The fourth-order valence-electron chi connectivity index (χ4n) is 2.31. The van der Waals surface area contributed by atoms with Crippen LogP contribution in [0.4, 0.5) is 0 Å². The Kier molecular flexibility index (Phi) is 7.02. The van der Waals surface area contributed by atoms with Gasteiger partial charge in [-0.05, 0) is 55.8 Å². The second kappa shape index (κ2) is 9.02. The summed E-state index contributed by atoms with van der Waals surface area (Å²) in [5.74, 6) is 1.28. The van der Waals surface area contributed by atoms with Crippen LogP contribution < -0.4 is 14.8 Å². The lowest BCUT2D eigenvalue weighted by atomic mass is 10.1. The molecule has 0 aliphatic carbocycles. The molecule has 2 rings (SSSR count). The maximum absolute atomic E-state index is 12.5. The molecular formula is C19H22ClNO3S. The summed E-state index contributed by atoms with van der Waals surface area (Å²) in [6, 6.07) is 13.0. The van der Waals surface area contributed by atoms with Gasteiger partial charge in [-0.3, -0.25) is 4.79 Å². The lowest BCUT2D eigenvalue weighted by molar-refractivity contribution is -0.120. The molecule has 0 aromatic heterocycles. The average Bonchev–Trinajstić information content (AvgIpc) is 2.62. The van der Waals surface area contributed by atoms with Gasteiger partial charge in [0.05, 0.1) is 25.5 Å². The van der Waals surface area contributed by atoms with Crippen molar-refractivity contribution in [3.63, 3.8) is 0 Å². The van der Waals surface area contributed by atoms with Crippen molar-refractivity contribution < 1.29 is 14.3 Å². The van der Waals surface area contributed by atoms with Gasteiger partial charge in [0.15, 0.2) is 11.5 Å². The van der Waals surface area contributed by atoms with E-state index in [1.807, 2.05) is 56.3 Å². The van der Waals surface area contributed by atoms with E-state index >= 15 is 0 Å². The number of carbonyl (C=O) groups is 1. The standard InChI is InChI=1S/C19H22ClNO3S/c1-12(14-5-10-17(23-3)18(11-14)24-4)21-19(22)13(2)25-16-8-6-15(20)7-9-16/h5-13H,1-4H3,(H,21,22)/t12-,13-/m1/s1. The van der Waals surface area contributed by atoms with Crippen LogP contribution in [0.2, 0.25) is 5.02 Å². The first-order valence-electron chi connectivity index (χ1n) is 7.89. The number of hydrogen-bond donors (Lipinski definition) is 1. The summed E-state index contributed by atoms with van der Waals surface area (Å²) in [6.45, 7) is 3.83. The molecule has 2 aromatic rings. The van der Waals surface area contributed by atoms with E-state index in [2.05, 4.69) is 5.32 Å². The molecule has 0 aliphatic rings. The van der Waals surface area contributed by atoms with Crippen LogP contribution in [0.15, 0.2) is 47.4 Å². The van der Waals surface area contributed by atoms with E-state index in [0.29, 0.717) is 16.5 Å². The molecule has 134 valence electrons. The zero-order valence-corrected chi connectivity index (χ0v) is 16.3. The van der Waals surface area contributed by atoms with Gasteiger partial charge in [0.25, 0.3) is 0 Å². The van der Waals surface area contributed by atoms with Gasteiger partial charge in [0.2, 0.25) is 5.91 Å². The van der Waals surface area contributed by atoms with Crippen LogP contribution in [0.3, 0.4) is 0 Å². The van der Waals surface area contributed by atoms with Crippen molar-refractivity contribution in [2.24, 2.45) is 0 Å². The molecule has 0 unspecified atom stereocenters. The second-order valence-corrected chi connectivity index (χ2v) is 7.41. The quantitative estimate of drug-likeness (QED) is 0.707. The van der Waals surface area contributed by atoms with Crippen molar-refractivity contribution in [1.82, 2.24) is 5.32 Å². The molecule has 2 atom stereocenters. The molecule has 0 bridgehead atoms. The molecule has 0 fully saturated rings. The molecule has 1 N–H and O–H groups in total. The lowest BCUT2D eigenvalue weighted by Gasteiger charge is -2.19. The number of rotatable bonds is 7. The third-order valence-electron chi connectivity index (χ3n) is 3.76. The van der Waals surface area contributed by atoms with E-state index in [-0.39, 0.29) is 17.2 Å². The van der Waals surface area contributed by atoms with Gasteiger partial charge in [-0.25, -0.2) is 0 Å². The van der Waals surface area contributed by atoms with Crippen LogP contribution >= 0.6 is 23.4 Å². The van der Waals surface area contributed by atoms with Crippen molar-refractivity contribution in [3.8, 4) is 11.5 Å². The molecule has 0 saturated carbocycles. The van der Waals surface area contributed by atoms with Crippen molar-refractivity contribution in [3.05, 3.63) is 53.1 Å². The van der Waals surface area contributed by atoms with Gasteiger partial charge in [0.1, 0.15) is 0 Å². The number of halogens is 1. The van der Waals surface area contributed by atoms with Gasteiger partial charge < -0.3 is 14.8 Å². The Bertz CT molecular complexity index is 721. The monoisotopic (exact) mass is 379 g/mol. The van der Waals surface area contributed by atoms with Gasteiger partial charge in [-0.1, -0.05) is 17.7 Å². The lowest BCUT2D eigenvalue weighted by Crippen LogP contribution is -2.33. The summed E-state index contributed by atoms with van der Waals surface area (Å²) in [5.41, 5.74) is 0.953. The molecule has 1 amide bonds. The maximum atomic E-state index is 12.5. The average molecular weight is 380 g/mol. The molecule has 0 heterocycles. The van der Waals surface area contributed by atoms with Gasteiger partial charge in [-0.2, -0.15) is 0 Å². The third-order valence-corrected chi connectivity index (χ3v) is 5.13. The van der Waals surface area contributed by atoms with Crippen LogP contribution in [-0.2, 0) is 4.79 Å². The minimum absolute atomic E-state index is 0.0257. The van der Waals surface area contributed by atoms with Gasteiger partial charge in [0, 0.05) is 9.92 Å². The van der Waals surface area contributed by atoms with E-state index in [0.717, 1.165) is 10.5 Å². The fraction of sp³-hybridized carbons (Fsp3) is 0.316. The molecular weight excluding hydrogens is 358 g/mol. The van der Waals surface area contributed by atoms with Crippen LogP contribution in [0.5, 0.6) is 11.5 Å². The number of amides is 1. The zero-order valence-electron chi connectivity index (χ0n) is 14.7. The Morgan fingerprint density at radius 3 is 2.28 bits per heavy atom. The highest BCUT2D eigenvalue weighted by Gasteiger charge is 2.18. The van der Waals surface area contributed by atoms with Crippen molar-refractivity contribution in [2.45, 2.75) is 30.0 Å². The number of methoxy groups -OCH3 is 2. The molecule has 2 aromatic carbocycles. The Labute approximate surface area is 157 Å². The predicted octanol–water partition coefficient (Wildman–Crippen LogP) is 4.72. The Balaban J connectivity index is 2.00. The molecule has 6 heteroatoms. The number of thioether (sulfide) groups is 1. The summed E-state index contributed by atoms with van der Waals surface area (Å²) in [7, 11) is 3.19. The van der Waals surface area contributed by atoms with Crippen LogP contribution in [0, 0.1) is 0 Å². The number of nitrogens with one attached hydrogen (secondary N) is 1.